The number of rotatable bonds is 4. The normalized spacial score (nSPS) is 21.3. The molecule has 0 aromatic carbocycles. The van der Waals surface area contributed by atoms with Crippen LogP contribution in [0.25, 0.3) is 0 Å². The molecule has 1 aliphatic carbocycles. The van der Waals surface area contributed by atoms with E-state index in [1.807, 2.05) is 6.07 Å². The monoisotopic (exact) mass is 330 g/mol. The van der Waals surface area contributed by atoms with Crippen LogP contribution < -0.4 is 9.64 Å². The molecule has 2 aromatic rings. The molecule has 4 rings (SSSR count). The van der Waals surface area contributed by atoms with Crippen molar-refractivity contribution < 1.29 is 4.74 Å². The van der Waals surface area contributed by atoms with Crippen molar-refractivity contribution in [3.63, 3.8) is 0 Å². The zero-order chi connectivity index (χ0) is 15.6. The second-order valence-corrected chi connectivity index (χ2v) is 6.62. The molecule has 0 N–H and O–H groups in total. The molecule has 1 aliphatic heterocycles. The minimum absolute atomic E-state index is 0.122. The topological polar surface area (TPSA) is 51.1 Å². The molecule has 2 aliphatic rings. The van der Waals surface area contributed by atoms with Gasteiger partial charge >= 0.3 is 0 Å². The van der Waals surface area contributed by atoms with Crippen molar-refractivity contribution in [3.05, 3.63) is 41.6 Å². The van der Waals surface area contributed by atoms with Gasteiger partial charge in [0.2, 0.25) is 0 Å². The number of ether oxygens (including phenoxy) is 1. The summed E-state index contributed by atoms with van der Waals surface area (Å²) in [6.45, 7) is 1.76. The van der Waals surface area contributed by atoms with E-state index >= 15 is 0 Å². The number of aromatic nitrogens is 3. The van der Waals surface area contributed by atoms with Crippen LogP contribution in [0.5, 0.6) is 5.75 Å². The van der Waals surface area contributed by atoms with Gasteiger partial charge in [-0.3, -0.25) is 4.98 Å². The zero-order valence-corrected chi connectivity index (χ0v) is 13.6. The smallest absolute Gasteiger partial charge is 0.141 e. The van der Waals surface area contributed by atoms with Gasteiger partial charge in [-0.2, -0.15) is 0 Å². The number of pyridine rings is 1. The number of nitrogens with zero attached hydrogens (tertiary/aromatic N) is 4. The van der Waals surface area contributed by atoms with Gasteiger partial charge in [0.25, 0.3) is 0 Å². The minimum atomic E-state index is 0.122. The summed E-state index contributed by atoms with van der Waals surface area (Å²) in [5, 5.41) is 0.556. The van der Waals surface area contributed by atoms with E-state index in [2.05, 4.69) is 25.9 Å². The molecule has 23 heavy (non-hydrogen) atoms. The molecular formula is C17H19ClN4O. The lowest BCUT2D eigenvalue weighted by Crippen LogP contribution is -2.25. The van der Waals surface area contributed by atoms with Crippen LogP contribution in [0, 0.1) is 0 Å². The number of hydrogen-bond acceptors (Lipinski definition) is 5. The van der Waals surface area contributed by atoms with Gasteiger partial charge in [0.15, 0.2) is 0 Å². The highest BCUT2D eigenvalue weighted by atomic mass is 35.5. The Labute approximate surface area is 140 Å². The van der Waals surface area contributed by atoms with Crippen LogP contribution in [0.15, 0.2) is 30.9 Å². The maximum Gasteiger partial charge on any atom is 0.141 e. The Kier molecular flexibility index (Phi) is 4.04. The first-order valence-corrected chi connectivity index (χ1v) is 8.50. The molecule has 1 saturated heterocycles. The second kappa shape index (κ2) is 6.32. The first kappa shape index (κ1) is 14.7. The first-order valence-electron chi connectivity index (χ1n) is 8.12. The Morgan fingerprint density at radius 2 is 2.13 bits per heavy atom. The van der Waals surface area contributed by atoms with Crippen molar-refractivity contribution in [2.45, 2.75) is 37.7 Å². The van der Waals surface area contributed by atoms with Crippen molar-refractivity contribution in [1.82, 2.24) is 15.0 Å². The van der Waals surface area contributed by atoms with Gasteiger partial charge in [0, 0.05) is 49.1 Å². The highest BCUT2D eigenvalue weighted by Gasteiger charge is 2.27. The van der Waals surface area contributed by atoms with E-state index in [0.717, 1.165) is 25.3 Å². The van der Waals surface area contributed by atoms with Crippen LogP contribution in [-0.2, 0) is 0 Å². The van der Waals surface area contributed by atoms with Crippen LogP contribution in [0.4, 0.5) is 5.82 Å². The third-order valence-corrected chi connectivity index (χ3v) is 4.98. The molecule has 1 unspecified atom stereocenters. The van der Waals surface area contributed by atoms with E-state index in [9.17, 15) is 0 Å². The first-order chi connectivity index (χ1) is 11.3. The fourth-order valence-corrected chi connectivity index (χ4v) is 3.30. The van der Waals surface area contributed by atoms with Gasteiger partial charge in [-0.1, -0.05) is 18.0 Å². The summed E-state index contributed by atoms with van der Waals surface area (Å²) < 4.78 is 6.01. The summed E-state index contributed by atoms with van der Waals surface area (Å²) in [6.07, 6.45) is 9.90. The highest BCUT2D eigenvalue weighted by Crippen LogP contribution is 2.36. The predicted octanol–water partition coefficient (Wildman–Crippen LogP) is 3.45. The lowest BCUT2D eigenvalue weighted by molar-refractivity contribution is 0.225. The quantitative estimate of drug-likeness (QED) is 0.859. The summed E-state index contributed by atoms with van der Waals surface area (Å²) >= 11 is 6.11. The molecule has 0 bridgehead atoms. The van der Waals surface area contributed by atoms with Crippen LogP contribution in [0.3, 0.4) is 0 Å². The van der Waals surface area contributed by atoms with E-state index in [0.29, 0.717) is 16.7 Å². The SMILES string of the molecule is Clc1cnccc1OC1CCN(c2cc(C3CCC3)ncn2)C1. The summed E-state index contributed by atoms with van der Waals surface area (Å²) in [6, 6.07) is 3.95. The van der Waals surface area contributed by atoms with E-state index < -0.39 is 0 Å². The number of anilines is 1. The second-order valence-electron chi connectivity index (χ2n) is 6.21. The molecule has 0 amide bonds. The van der Waals surface area contributed by atoms with Gasteiger partial charge in [-0.15, -0.1) is 0 Å². The number of halogens is 1. The fourth-order valence-electron chi connectivity index (χ4n) is 3.13. The Hall–Kier alpha value is -1.88. The lowest BCUT2D eigenvalue weighted by Gasteiger charge is -2.26. The van der Waals surface area contributed by atoms with Crippen molar-refractivity contribution in [2.75, 3.05) is 18.0 Å². The highest BCUT2D eigenvalue weighted by molar-refractivity contribution is 6.31. The molecule has 0 spiro atoms. The molecule has 6 heteroatoms. The molecule has 2 aromatic heterocycles. The Morgan fingerprint density at radius 1 is 1.22 bits per heavy atom. The van der Waals surface area contributed by atoms with Gasteiger partial charge in [-0.05, 0) is 12.8 Å². The Bertz CT molecular complexity index is 692. The zero-order valence-electron chi connectivity index (χ0n) is 12.9. The maximum absolute atomic E-state index is 6.11. The van der Waals surface area contributed by atoms with Crippen molar-refractivity contribution in [3.8, 4) is 5.75 Å². The summed E-state index contributed by atoms with van der Waals surface area (Å²) in [7, 11) is 0. The van der Waals surface area contributed by atoms with Crippen LogP contribution in [0.1, 0.15) is 37.3 Å². The summed E-state index contributed by atoms with van der Waals surface area (Å²) in [5.74, 6) is 2.34. The summed E-state index contributed by atoms with van der Waals surface area (Å²) in [4.78, 5) is 15.1. The molecule has 2 fully saturated rings. The third-order valence-electron chi connectivity index (χ3n) is 4.70. The lowest BCUT2D eigenvalue weighted by atomic mass is 9.83. The molecule has 0 radical (unpaired) electrons. The van der Waals surface area contributed by atoms with Gasteiger partial charge < -0.3 is 9.64 Å². The maximum atomic E-state index is 6.11. The van der Waals surface area contributed by atoms with Crippen LogP contribution in [-0.4, -0.2) is 34.1 Å². The number of hydrogen-bond donors (Lipinski definition) is 0. The molecular weight excluding hydrogens is 312 g/mol. The van der Waals surface area contributed by atoms with E-state index in [1.165, 1.54) is 25.0 Å². The summed E-state index contributed by atoms with van der Waals surface area (Å²) in [5.41, 5.74) is 1.18. The van der Waals surface area contributed by atoms with Gasteiger partial charge in [-0.25, -0.2) is 9.97 Å². The average molecular weight is 331 g/mol. The average Bonchev–Trinajstić information content (AvgIpc) is 2.97. The van der Waals surface area contributed by atoms with Crippen LogP contribution in [0.2, 0.25) is 5.02 Å². The van der Waals surface area contributed by atoms with Crippen molar-refractivity contribution >= 4 is 17.4 Å². The van der Waals surface area contributed by atoms with Gasteiger partial charge in [0.1, 0.15) is 29.0 Å². The predicted molar refractivity (Wildman–Crippen MR) is 89.1 cm³/mol. The largest absolute Gasteiger partial charge is 0.487 e. The molecule has 3 heterocycles. The Balaban J connectivity index is 1.43. The van der Waals surface area contributed by atoms with Gasteiger partial charge in [0.05, 0.1) is 6.54 Å². The fraction of sp³-hybridized carbons (Fsp3) is 0.471. The van der Waals surface area contributed by atoms with E-state index in [4.69, 9.17) is 16.3 Å². The van der Waals surface area contributed by atoms with E-state index in [1.54, 1.807) is 18.7 Å². The van der Waals surface area contributed by atoms with Crippen molar-refractivity contribution in [1.29, 1.82) is 0 Å². The standard InChI is InChI=1S/C17H19ClN4O/c18-14-9-19-6-4-16(14)23-13-5-7-22(10-13)17-8-15(20-11-21-17)12-2-1-3-12/h4,6,8-9,11-13H,1-3,5,7,10H2. The minimum Gasteiger partial charge on any atom is -0.487 e. The van der Waals surface area contributed by atoms with Crippen LogP contribution >= 0.6 is 11.6 Å². The van der Waals surface area contributed by atoms with Crippen molar-refractivity contribution in [2.24, 2.45) is 0 Å². The van der Waals surface area contributed by atoms with E-state index in [-0.39, 0.29) is 6.10 Å². The molecule has 120 valence electrons. The molecule has 5 nitrogen and oxygen atoms in total. The Morgan fingerprint density at radius 3 is 2.91 bits per heavy atom. The third kappa shape index (κ3) is 3.11. The molecule has 1 atom stereocenters. The molecule has 1 saturated carbocycles.